The summed E-state index contributed by atoms with van der Waals surface area (Å²) in [6.07, 6.45) is -2.35. The Morgan fingerprint density at radius 2 is 1.40 bits per heavy atom. The number of hydrogen-bond acceptors (Lipinski definition) is 10. The monoisotopic (exact) mass is 654 g/mol. The molecular weight excluding hydrogens is 616 g/mol. The molecule has 0 unspecified atom stereocenters. The summed E-state index contributed by atoms with van der Waals surface area (Å²) in [7, 11) is 1.34. The maximum absolute atomic E-state index is 13.9. The highest BCUT2D eigenvalue weighted by Gasteiger charge is 2.53. The van der Waals surface area contributed by atoms with Crippen LogP contribution in [-0.2, 0) is 46.1 Å². The van der Waals surface area contributed by atoms with Gasteiger partial charge >= 0.3 is 18.0 Å². The number of nitrogens with zero attached hydrogens (tertiary/aromatic N) is 1. The van der Waals surface area contributed by atoms with Gasteiger partial charge in [-0.3, -0.25) is 14.9 Å². The van der Waals surface area contributed by atoms with E-state index in [4.69, 9.17) is 28.9 Å². The number of methoxy groups -OCH3 is 1. The molecule has 2 aliphatic heterocycles. The minimum atomic E-state index is -1.40. The third-order valence-corrected chi connectivity index (χ3v) is 8.34. The van der Waals surface area contributed by atoms with Crippen LogP contribution in [0.3, 0.4) is 0 Å². The van der Waals surface area contributed by atoms with Crippen molar-refractivity contribution in [3.63, 3.8) is 0 Å². The van der Waals surface area contributed by atoms with Gasteiger partial charge in [-0.2, -0.15) is 5.26 Å². The van der Waals surface area contributed by atoms with E-state index in [1.165, 1.54) is 31.4 Å². The molecule has 3 aromatic rings. The number of carbonyl (C=O) groups is 3. The van der Waals surface area contributed by atoms with Gasteiger partial charge < -0.3 is 28.8 Å². The highest BCUT2D eigenvalue weighted by molar-refractivity contribution is 5.85. The predicted octanol–water partition coefficient (Wildman–Crippen LogP) is 4.73. The van der Waals surface area contributed by atoms with Crippen LogP contribution in [0.1, 0.15) is 29.5 Å². The number of aliphatic hydroxyl groups is 1. The van der Waals surface area contributed by atoms with Gasteiger partial charge in [-0.25, -0.2) is 4.79 Å². The summed E-state index contributed by atoms with van der Waals surface area (Å²) < 4.78 is 29.4. The van der Waals surface area contributed by atoms with E-state index in [9.17, 15) is 19.5 Å². The van der Waals surface area contributed by atoms with E-state index in [2.05, 4.69) is 5.32 Å². The molecule has 0 radical (unpaired) electrons. The molecule has 3 aromatic carbocycles. The smallest absolute Gasteiger partial charge is 0.412 e. The minimum absolute atomic E-state index is 0.330. The van der Waals surface area contributed by atoms with Crippen molar-refractivity contribution in [1.29, 1.82) is 5.26 Å². The van der Waals surface area contributed by atoms with Gasteiger partial charge in [0, 0.05) is 12.8 Å². The first-order valence-electron chi connectivity index (χ1n) is 15.8. The van der Waals surface area contributed by atoms with Gasteiger partial charge in [0.25, 0.3) is 0 Å². The zero-order valence-corrected chi connectivity index (χ0v) is 26.5. The van der Waals surface area contributed by atoms with Crippen molar-refractivity contribution < 1.29 is 43.2 Å². The molecule has 1 amide bonds. The molecule has 5 rings (SSSR count). The first-order valence-corrected chi connectivity index (χ1v) is 15.8. The van der Waals surface area contributed by atoms with Crippen LogP contribution >= 0.6 is 0 Å². The van der Waals surface area contributed by atoms with E-state index in [0.29, 0.717) is 36.9 Å². The van der Waals surface area contributed by atoms with Crippen LogP contribution in [0.4, 0.5) is 10.5 Å². The van der Waals surface area contributed by atoms with E-state index in [-0.39, 0.29) is 0 Å². The van der Waals surface area contributed by atoms with Crippen molar-refractivity contribution in [2.75, 3.05) is 19.0 Å². The molecule has 2 aliphatic rings. The Hall–Kier alpha value is -5.02. The lowest BCUT2D eigenvalue weighted by atomic mass is 9.92. The number of amides is 1. The normalized spacial score (nSPS) is 26.0. The molecule has 0 spiro atoms. The van der Waals surface area contributed by atoms with Crippen LogP contribution in [0.2, 0.25) is 0 Å². The van der Waals surface area contributed by atoms with Crippen LogP contribution in [0.25, 0.3) is 0 Å². The number of anilines is 1. The lowest BCUT2D eigenvalue weighted by Gasteiger charge is -2.44. The minimum Gasteiger partial charge on any atom is -0.454 e. The first-order chi connectivity index (χ1) is 23.4. The Morgan fingerprint density at radius 3 is 1.90 bits per heavy atom. The fourth-order valence-electron chi connectivity index (χ4n) is 5.82. The topological polar surface area (TPSA) is 153 Å². The molecular formula is C37H38N2O9. The lowest BCUT2D eigenvalue weighted by Crippen LogP contribution is -2.63. The van der Waals surface area contributed by atoms with Crippen LogP contribution in [0, 0.1) is 23.2 Å². The zero-order chi connectivity index (χ0) is 33.9. The largest absolute Gasteiger partial charge is 0.454 e. The summed E-state index contributed by atoms with van der Waals surface area (Å²) in [5.41, 5.74) is 2.60. The molecule has 11 heteroatoms. The molecule has 11 nitrogen and oxygen atoms in total. The van der Waals surface area contributed by atoms with Crippen LogP contribution in [-0.4, -0.2) is 67.6 Å². The van der Waals surface area contributed by atoms with Crippen LogP contribution in [0.15, 0.2) is 97.1 Å². The second-order valence-corrected chi connectivity index (χ2v) is 11.7. The highest BCUT2D eigenvalue weighted by Crippen LogP contribution is 2.32. The molecule has 2 heterocycles. The molecule has 0 aliphatic carbocycles. The van der Waals surface area contributed by atoms with Crippen molar-refractivity contribution in [2.24, 2.45) is 11.8 Å². The van der Waals surface area contributed by atoms with Crippen molar-refractivity contribution in [3.05, 3.63) is 114 Å². The van der Waals surface area contributed by atoms with Gasteiger partial charge in [0.15, 0.2) is 24.6 Å². The predicted molar refractivity (Wildman–Crippen MR) is 173 cm³/mol. The second kappa shape index (κ2) is 16.7. The number of aliphatic hydroxyl groups excluding tert-OH is 1. The Morgan fingerprint density at radius 1 is 0.854 bits per heavy atom. The van der Waals surface area contributed by atoms with Gasteiger partial charge in [-0.1, -0.05) is 72.8 Å². The number of fused-ring (bicyclic) bond motifs is 1. The number of nitrogens with one attached hydrogen (secondary N) is 1. The molecule has 7 atom stereocenters. The number of hydrogen-bond donors (Lipinski definition) is 2. The fraction of sp³-hybridized carbons (Fsp3) is 0.351. The molecule has 0 bridgehead atoms. The van der Waals surface area contributed by atoms with Gasteiger partial charge in [-0.05, 0) is 61.1 Å². The quantitative estimate of drug-likeness (QED) is 0.198. The van der Waals surface area contributed by atoms with Crippen LogP contribution in [0.5, 0.6) is 0 Å². The Bertz CT molecular complexity index is 1590. The Kier molecular flexibility index (Phi) is 11.9. The summed E-state index contributed by atoms with van der Waals surface area (Å²) in [6, 6.07) is 27.2. The number of nitriles is 1. The third kappa shape index (κ3) is 8.86. The number of benzene rings is 3. The number of ether oxygens (including phenoxy) is 5. The molecule has 1 saturated heterocycles. The first kappa shape index (κ1) is 34.3. The highest BCUT2D eigenvalue weighted by atomic mass is 16.7. The molecule has 2 N–H and O–H groups in total. The molecule has 48 heavy (non-hydrogen) atoms. The molecule has 1 fully saturated rings. The second-order valence-electron chi connectivity index (χ2n) is 11.7. The van der Waals surface area contributed by atoms with Gasteiger partial charge in [0.05, 0.1) is 30.1 Å². The maximum Gasteiger partial charge on any atom is 0.412 e. The van der Waals surface area contributed by atoms with Crippen molar-refractivity contribution in [3.8, 4) is 6.07 Å². The number of esters is 2. The van der Waals surface area contributed by atoms with Gasteiger partial charge in [0.1, 0.15) is 6.10 Å². The maximum atomic E-state index is 13.9. The Labute approximate surface area is 279 Å². The molecule has 0 aromatic heterocycles. The molecule has 250 valence electrons. The van der Waals surface area contributed by atoms with Crippen molar-refractivity contribution in [2.45, 2.75) is 56.4 Å². The summed E-state index contributed by atoms with van der Waals surface area (Å²) >= 11 is 0. The zero-order valence-electron chi connectivity index (χ0n) is 26.5. The standard InChI is InChI=1S/C37H38N2O9/c1-44-36-33-32(31(30(23-40)45-36)48-37(43)39-29-18-16-26(22-38)17-19-29)46-34(41)27(20-24-10-4-2-5-11-24)14-8-9-15-28(35(42)47-33)21-25-12-6-3-7-13-25/h2-13,16-19,27-28,30-33,36,40H,14-15,20-21,23H2,1H3,(H,39,43)/t27-,28-,30-,31-,32+,33-,36+/m1/s1. The fourth-order valence-corrected chi connectivity index (χ4v) is 5.82. The van der Waals surface area contributed by atoms with Gasteiger partial charge in [-0.15, -0.1) is 0 Å². The summed E-state index contributed by atoms with van der Waals surface area (Å²) in [6.45, 7) is -0.629. The average molecular weight is 655 g/mol. The molecule has 0 saturated carbocycles. The Balaban J connectivity index is 1.48. The van der Waals surface area contributed by atoms with Crippen LogP contribution < -0.4 is 5.32 Å². The summed E-state index contributed by atoms with van der Waals surface area (Å²) in [5.74, 6) is -2.41. The van der Waals surface area contributed by atoms with Crippen molar-refractivity contribution in [1.82, 2.24) is 0 Å². The van der Waals surface area contributed by atoms with E-state index in [0.717, 1.165) is 11.1 Å². The summed E-state index contributed by atoms with van der Waals surface area (Å²) in [5, 5.41) is 22.0. The SMILES string of the molecule is CO[C@H]1O[C@H](CO)[C@@H](OC(=O)Nc2ccc(C#N)cc2)[C@@H]2OC(=O)[C@@H](Cc3ccccc3)CC=CC[C@H](Cc3ccccc3)C(=O)O[C@@H]12. The van der Waals surface area contributed by atoms with E-state index >= 15 is 0 Å². The van der Waals surface area contributed by atoms with E-state index in [1.807, 2.05) is 78.9 Å². The van der Waals surface area contributed by atoms with Crippen molar-refractivity contribution >= 4 is 23.7 Å². The summed E-state index contributed by atoms with van der Waals surface area (Å²) in [4.78, 5) is 40.9. The third-order valence-electron chi connectivity index (χ3n) is 8.34. The average Bonchev–Trinajstić information content (AvgIpc) is 3.11. The number of carbonyl (C=O) groups excluding carboxylic acids is 3. The van der Waals surface area contributed by atoms with E-state index in [1.54, 1.807) is 0 Å². The number of rotatable bonds is 8. The lowest BCUT2D eigenvalue weighted by molar-refractivity contribution is -0.300. The van der Waals surface area contributed by atoms with Gasteiger partial charge in [0.2, 0.25) is 0 Å². The van der Waals surface area contributed by atoms with E-state index < -0.39 is 67.2 Å². The number of allylic oxidation sites excluding steroid dienone is 2.